The molecule has 0 fully saturated rings. The van der Waals surface area contributed by atoms with E-state index >= 15 is 0 Å². The van der Waals surface area contributed by atoms with Gasteiger partial charge in [-0.3, -0.25) is 4.79 Å². The number of rotatable bonds is 5. The smallest absolute Gasteiger partial charge is 0.287 e. The number of carbonyl (C=O) groups is 1. The molecule has 3 aromatic rings. The van der Waals surface area contributed by atoms with Gasteiger partial charge >= 0.3 is 0 Å². The van der Waals surface area contributed by atoms with Crippen molar-refractivity contribution >= 4 is 40.0 Å². The van der Waals surface area contributed by atoms with E-state index in [1.807, 2.05) is 38.1 Å². The molecule has 0 saturated carbocycles. The third-order valence-electron chi connectivity index (χ3n) is 3.09. The molecule has 0 unspecified atom stereocenters. The minimum absolute atomic E-state index is 0.178. The van der Waals surface area contributed by atoms with Crippen molar-refractivity contribution in [3.63, 3.8) is 0 Å². The topological polar surface area (TPSA) is 68.0 Å². The number of thioether (sulfide) groups is 1. The molecule has 1 amide bonds. The Morgan fingerprint density at radius 2 is 2.18 bits per heavy atom. The van der Waals surface area contributed by atoms with E-state index in [-0.39, 0.29) is 5.91 Å². The van der Waals surface area contributed by atoms with Crippen LogP contribution in [0, 0.1) is 6.92 Å². The maximum atomic E-state index is 12.2. The zero-order valence-electron chi connectivity index (χ0n) is 12.3. The second-order valence-corrected chi connectivity index (χ2v) is 7.05. The first-order valence-electron chi connectivity index (χ1n) is 6.90. The van der Waals surface area contributed by atoms with Crippen LogP contribution in [0.25, 0.3) is 11.0 Å². The molecule has 1 aromatic carbocycles. The number of amides is 1. The number of nitrogens with one attached hydrogen (secondary N) is 1. The minimum atomic E-state index is -0.178. The Bertz CT molecular complexity index is 810. The lowest BCUT2D eigenvalue weighted by Crippen LogP contribution is -2.23. The largest absolute Gasteiger partial charge is 0.451 e. The van der Waals surface area contributed by atoms with E-state index in [0.717, 1.165) is 25.9 Å². The highest BCUT2D eigenvalue weighted by Gasteiger charge is 2.20. The normalized spacial score (nSPS) is 11.0. The molecule has 0 saturated heterocycles. The standard InChI is InChI=1S/C15H15N3O2S2/c1-3-16-14(19)13-11(8-21-15-18-17-9(2)22-15)10-6-4-5-7-12(10)20-13/h4-7H,3,8H2,1-2H3,(H,16,19). The molecule has 0 atom stereocenters. The van der Waals surface area contributed by atoms with Gasteiger partial charge < -0.3 is 9.73 Å². The monoisotopic (exact) mass is 333 g/mol. The summed E-state index contributed by atoms with van der Waals surface area (Å²) in [6.07, 6.45) is 0. The number of nitrogens with zero attached hydrogens (tertiary/aromatic N) is 2. The van der Waals surface area contributed by atoms with Gasteiger partial charge in [-0.25, -0.2) is 0 Å². The fourth-order valence-electron chi connectivity index (χ4n) is 2.14. The van der Waals surface area contributed by atoms with E-state index in [4.69, 9.17) is 4.42 Å². The Kier molecular flexibility index (Phi) is 4.44. The summed E-state index contributed by atoms with van der Waals surface area (Å²) in [5.74, 6) is 0.831. The van der Waals surface area contributed by atoms with Crippen LogP contribution in [-0.2, 0) is 5.75 Å². The van der Waals surface area contributed by atoms with Gasteiger partial charge in [0.2, 0.25) is 0 Å². The van der Waals surface area contributed by atoms with Gasteiger partial charge in [0, 0.05) is 23.2 Å². The van der Waals surface area contributed by atoms with E-state index in [0.29, 0.717) is 18.1 Å². The molecule has 1 N–H and O–H groups in total. The van der Waals surface area contributed by atoms with E-state index < -0.39 is 0 Å². The number of aryl methyl sites for hydroxylation is 1. The quantitative estimate of drug-likeness (QED) is 0.722. The number of furan rings is 1. The average Bonchev–Trinajstić information content (AvgIpc) is 3.09. The van der Waals surface area contributed by atoms with Gasteiger partial charge in [-0.15, -0.1) is 10.2 Å². The lowest BCUT2D eigenvalue weighted by Gasteiger charge is -2.02. The second-order valence-electron chi connectivity index (χ2n) is 4.64. The molecule has 5 nitrogen and oxygen atoms in total. The van der Waals surface area contributed by atoms with E-state index in [1.54, 1.807) is 23.1 Å². The number of para-hydroxylation sites is 1. The number of hydrogen-bond donors (Lipinski definition) is 1. The molecular formula is C15H15N3O2S2. The van der Waals surface area contributed by atoms with Crippen LogP contribution >= 0.6 is 23.1 Å². The Hall–Kier alpha value is -1.86. The first-order chi connectivity index (χ1) is 10.7. The highest BCUT2D eigenvalue weighted by Crippen LogP contribution is 2.33. The van der Waals surface area contributed by atoms with Gasteiger partial charge in [-0.2, -0.15) is 0 Å². The fourth-order valence-corrected chi connectivity index (χ4v) is 3.98. The molecule has 7 heteroatoms. The average molecular weight is 333 g/mol. The molecule has 2 aromatic heterocycles. The summed E-state index contributed by atoms with van der Waals surface area (Å²) in [5, 5.41) is 12.8. The summed E-state index contributed by atoms with van der Waals surface area (Å²) < 4.78 is 6.64. The maximum absolute atomic E-state index is 12.2. The number of fused-ring (bicyclic) bond motifs is 1. The molecular weight excluding hydrogens is 318 g/mol. The highest BCUT2D eigenvalue weighted by atomic mass is 32.2. The maximum Gasteiger partial charge on any atom is 0.287 e. The molecule has 114 valence electrons. The molecule has 0 aliphatic rings. The van der Waals surface area contributed by atoms with Crippen molar-refractivity contribution in [2.75, 3.05) is 6.54 Å². The van der Waals surface area contributed by atoms with Gasteiger partial charge in [0.1, 0.15) is 10.6 Å². The van der Waals surface area contributed by atoms with Crippen LogP contribution in [0.2, 0.25) is 0 Å². The van der Waals surface area contributed by atoms with Crippen molar-refractivity contribution in [1.82, 2.24) is 15.5 Å². The second kappa shape index (κ2) is 6.50. The van der Waals surface area contributed by atoms with Crippen LogP contribution in [-0.4, -0.2) is 22.6 Å². The Morgan fingerprint density at radius 1 is 1.36 bits per heavy atom. The minimum Gasteiger partial charge on any atom is -0.451 e. The van der Waals surface area contributed by atoms with Crippen LogP contribution in [0.1, 0.15) is 28.0 Å². The molecule has 0 spiro atoms. The summed E-state index contributed by atoms with van der Waals surface area (Å²) in [5.41, 5.74) is 1.63. The fraction of sp³-hybridized carbons (Fsp3) is 0.267. The van der Waals surface area contributed by atoms with Gasteiger partial charge in [0.05, 0.1) is 0 Å². The summed E-state index contributed by atoms with van der Waals surface area (Å²) in [4.78, 5) is 12.2. The van der Waals surface area contributed by atoms with E-state index in [9.17, 15) is 4.79 Å². The van der Waals surface area contributed by atoms with Gasteiger partial charge in [0.15, 0.2) is 10.1 Å². The highest BCUT2D eigenvalue weighted by molar-refractivity contribution is 8.00. The first kappa shape index (κ1) is 15.1. The molecule has 0 aliphatic carbocycles. The van der Waals surface area contributed by atoms with Crippen molar-refractivity contribution in [1.29, 1.82) is 0 Å². The SMILES string of the molecule is CCNC(=O)c1oc2ccccc2c1CSc1nnc(C)s1. The third-order valence-corrected chi connectivity index (χ3v) is 5.09. The summed E-state index contributed by atoms with van der Waals surface area (Å²) in [6.45, 7) is 4.38. The van der Waals surface area contributed by atoms with Crippen molar-refractivity contribution in [2.24, 2.45) is 0 Å². The number of benzene rings is 1. The zero-order chi connectivity index (χ0) is 15.5. The van der Waals surface area contributed by atoms with Crippen LogP contribution < -0.4 is 5.32 Å². The summed E-state index contributed by atoms with van der Waals surface area (Å²) >= 11 is 3.12. The number of aromatic nitrogens is 2. The molecule has 0 bridgehead atoms. The lowest BCUT2D eigenvalue weighted by molar-refractivity contribution is 0.0929. The molecule has 3 rings (SSSR count). The predicted octanol–water partition coefficient (Wildman–Crippen LogP) is 3.63. The molecule has 0 radical (unpaired) electrons. The van der Waals surface area contributed by atoms with E-state index in [1.165, 1.54) is 0 Å². The van der Waals surface area contributed by atoms with Gasteiger partial charge in [-0.05, 0) is 19.9 Å². The van der Waals surface area contributed by atoms with Crippen molar-refractivity contribution < 1.29 is 9.21 Å². The summed E-state index contributed by atoms with van der Waals surface area (Å²) in [7, 11) is 0. The third kappa shape index (κ3) is 3.00. The Balaban J connectivity index is 1.94. The van der Waals surface area contributed by atoms with Crippen molar-refractivity contribution in [3.8, 4) is 0 Å². The van der Waals surface area contributed by atoms with Crippen LogP contribution in [0.15, 0.2) is 33.0 Å². The van der Waals surface area contributed by atoms with E-state index in [2.05, 4.69) is 15.5 Å². The first-order valence-corrected chi connectivity index (χ1v) is 8.70. The summed E-state index contributed by atoms with van der Waals surface area (Å²) in [6, 6.07) is 7.70. The predicted molar refractivity (Wildman–Crippen MR) is 88.4 cm³/mol. The molecule has 0 aliphatic heterocycles. The molecule has 22 heavy (non-hydrogen) atoms. The molecule has 2 heterocycles. The van der Waals surface area contributed by atoms with Gasteiger partial charge in [-0.1, -0.05) is 41.3 Å². The zero-order valence-corrected chi connectivity index (χ0v) is 13.9. The number of hydrogen-bond acceptors (Lipinski definition) is 6. The Labute approximate surface area is 136 Å². The van der Waals surface area contributed by atoms with Crippen molar-refractivity contribution in [3.05, 3.63) is 40.6 Å². The van der Waals surface area contributed by atoms with Crippen LogP contribution in [0.4, 0.5) is 0 Å². The van der Waals surface area contributed by atoms with Crippen molar-refractivity contribution in [2.45, 2.75) is 23.9 Å². The van der Waals surface area contributed by atoms with Crippen LogP contribution in [0.5, 0.6) is 0 Å². The number of carbonyl (C=O) groups excluding carboxylic acids is 1. The van der Waals surface area contributed by atoms with Crippen LogP contribution in [0.3, 0.4) is 0 Å². The Morgan fingerprint density at radius 3 is 2.91 bits per heavy atom. The lowest BCUT2D eigenvalue weighted by atomic mass is 10.1. The van der Waals surface area contributed by atoms with Gasteiger partial charge in [0.25, 0.3) is 5.91 Å².